The highest BCUT2D eigenvalue weighted by molar-refractivity contribution is 5.70. The average Bonchev–Trinajstić information content (AvgIpc) is 2.57. The molecule has 1 rings (SSSR count). The maximum absolute atomic E-state index is 11.1. The van der Waals surface area contributed by atoms with Crippen LogP contribution in [0.3, 0.4) is 0 Å². The number of rotatable bonds is 4. The molecule has 0 aliphatic carbocycles. The largest absolute Gasteiger partial charge is 0.466 e. The van der Waals surface area contributed by atoms with Crippen LogP contribution in [0.2, 0.25) is 0 Å². The molecule has 0 aromatic rings. The number of ether oxygens (including phenoxy) is 1. The van der Waals surface area contributed by atoms with Crippen LogP contribution in [0.15, 0.2) is 0 Å². The van der Waals surface area contributed by atoms with Crippen LogP contribution in [0, 0.1) is 0 Å². The molecule has 0 saturated carbocycles. The van der Waals surface area contributed by atoms with Gasteiger partial charge >= 0.3 is 12.1 Å². The molecule has 1 fully saturated rings. The summed E-state index contributed by atoms with van der Waals surface area (Å²) in [7, 11) is 0. The van der Waals surface area contributed by atoms with Crippen LogP contribution >= 0.6 is 0 Å². The van der Waals surface area contributed by atoms with Crippen molar-refractivity contribution in [2.24, 2.45) is 5.73 Å². The number of likely N-dealkylation sites (tertiary alicyclic amines) is 1. The van der Waals surface area contributed by atoms with Crippen molar-refractivity contribution in [2.45, 2.75) is 38.3 Å². The number of carboxylic acid groups (broad SMARTS) is 1. The van der Waals surface area contributed by atoms with Crippen molar-refractivity contribution in [3.05, 3.63) is 0 Å². The van der Waals surface area contributed by atoms with E-state index in [0.717, 1.165) is 0 Å². The number of amides is 1. The van der Waals surface area contributed by atoms with Crippen molar-refractivity contribution in [1.29, 1.82) is 0 Å². The highest BCUT2D eigenvalue weighted by Gasteiger charge is 2.33. The predicted octanol–water partition coefficient (Wildman–Crippen LogP) is 0.409. The number of nitrogens with zero attached hydrogens (tertiary/aromatic N) is 1. The highest BCUT2D eigenvalue weighted by Crippen LogP contribution is 2.20. The molecule has 1 heterocycles. The topological polar surface area (TPSA) is 92.9 Å². The smallest absolute Gasteiger partial charge is 0.407 e. The molecule has 0 unspecified atom stereocenters. The fraction of sp³-hybridized carbons (Fsp3) is 0.800. The summed E-state index contributed by atoms with van der Waals surface area (Å²) in [4.78, 5) is 23.3. The first-order valence-electron chi connectivity index (χ1n) is 5.45. The molecule has 6 heteroatoms. The lowest BCUT2D eigenvalue weighted by Crippen LogP contribution is -2.35. The summed E-state index contributed by atoms with van der Waals surface area (Å²) in [5, 5.41) is 8.92. The fourth-order valence-corrected chi connectivity index (χ4v) is 1.98. The van der Waals surface area contributed by atoms with E-state index in [1.165, 1.54) is 4.90 Å². The number of esters is 1. The van der Waals surface area contributed by atoms with Crippen LogP contribution in [-0.4, -0.2) is 47.3 Å². The van der Waals surface area contributed by atoms with Crippen LogP contribution in [0.5, 0.6) is 0 Å². The first kappa shape index (κ1) is 12.8. The summed E-state index contributed by atoms with van der Waals surface area (Å²) in [6, 6.07) is -0.278. The first-order chi connectivity index (χ1) is 7.54. The van der Waals surface area contributed by atoms with E-state index in [1.807, 2.05) is 0 Å². The quantitative estimate of drug-likeness (QED) is 0.682. The van der Waals surface area contributed by atoms with Gasteiger partial charge < -0.3 is 20.5 Å². The molecular formula is C10H18N2O4. The van der Waals surface area contributed by atoms with E-state index >= 15 is 0 Å². The molecule has 0 spiro atoms. The predicted molar refractivity (Wildman–Crippen MR) is 57.0 cm³/mol. The van der Waals surface area contributed by atoms with Crippen LogP contribution in [0.1, 0.15) is 26.2 Å². The van der Waals surface area contributed by atoms with Crippen molar-refractivity contribution in [2.75, 3.05) is 13.2 Å². The van der Waals surface area contributed by atoms with E-state index in [4.69, 9.17) is 15.6 Å². The van der Waals surface area contributed by atoms with Gasteiger partial charge in [-0.3, -0.25) is 4.79 Å². The monoisotopic (exact) mass is 230 g/mol. The molecule has 1 amide bonds. The second kappa shape index (κ2) is 5.69. The fourth-order valence-electron chi connectivity index (χ4n) is 1.98. The molecule has 92 valence electrons. The van der Waals surface area contributed by atoms with Crippen molar-refractivity contribution in [3.8, 4) is 0 Å². The average molecular weight is 230 g/mol. The van der Waals surface area contributed by atoms with E-state index in [2.05, 4.69) is 0 Å². The SMILES string of the molecule is CCOC(=O)CC[C@@H]1C[C@H](N)CN1C(=O)O. The van der Waals surface area contributed by atoms with Crippen LogP contribution in [-0.2, 0) is 9.53 Å². The third-order valence-electron chi connectivity index (χ3n) is 2.68. The Hall–Kier alpha value is -1.30. The van der Waals surface area contributed by atoms with Gasteiger partial charge in [-0.1, -0.05) is 0 Å². The lowest BCUT2D eigenvalue weighted by Gasteiger charge is -2.20. The maximum Gasteiger partial charge on any atom is 0.407 e. The zero-order chi connectivity index (χ0) is 12.1. The zero-order valence-corrected chi connectivity index (χ0v) is 9.39. The molecule has 1 aliphatic rings. The zero-order valence-electron chi connectivity index (χ0n) is 9.39. The summed E-state index contributed by atoms with van der Waals surface area (Å²) < 4.78 is 4.79. The van der Waals surface area contributed by atoms with Crippen molar-refractivity contribution in [3.63, 3.8) is 0 Å². The minimum atomic E-state index is -0.971. The highest BCUT2D eigenvalue weighted by atomic mass is 16.5. The Labute approximate surface area is 94.3 Å². The van der Waals surface area contributed by atoms with Crippen molar-refractivity contribution >= 4 is 12.1 Å². The standard InChI is InChI=1S/C10H18N2O4/c1-2-16-9(13)4-3-8-5-7(11)6-12(8)10(14)15/h7-8H,2-6,11H2,1H3,(H,14,15)/t7-,8+/m0/s1. The summed E-state index contributed by atoms with van der Waals surface area (Å²) in [6.45, 7) is 2.45. The second-order valence-corrected chi connectivity index (χ2v) is 3.93. The summed E-state index contributed by atoms with van der Waals surface area (Å²) in [5.74, 6) is -0.284. The van der Waals surface area contributed by atoms with Crippen LogP contribution < -0.4 is 5.73 Å². The number of hydrogen-bond acceptors (Lipinski definition) is 4. The first-order valence-corrected chi connectivity index (χ1v) is 5.45. The van der Waals surface area contributed by atoms with Gasteiger partial charge in [-0.25, -0.2) is 4.79 Å². The second-order valence-electron chi connectivity index (χ2n) is 3.93. The molecule has 0 aromatic carbocycles. The van der Waals surface area contributed by atoms with E-state index in [1.54, 1.807) is 6.92 Å². The Morgan fingerprint density at radius 3 is 2.81 bits per heavy atom. The van der Waals surface area contributed by atoms with Gasteiger partial charge in [-0.05, 0) is 19.8 Å². The van der Waals surface area contributed by atoms with Crippen LogP contribution in [0.25, 0.3) is 0 Å². The third kappa shape index (κ3) is 3.37. The molecular weight excluding hydrogens is 212 g/mol. The number of carbonyl (C=O) groups excluding carboxylic acids is 1. The van der Waals surface area contributed by atoms with Gasteiger partial charge in [0.15, 0.2) is 0 Å². The Bertz CT molecular complexity index is 270. The van der Waals surface area contributed by atoms with E-state index in [9.17, 15) is 9.59 Å². The molecule has 0 aromatic heterocycles. The van der Waals surface area contributed by atoms with Gasteiger partial charge in [0.1, 0.15) is 0 Å². The normalized spacial score (nSPS) is 24.5. The third-order valence-corrected chi connectivity index (χ3v) is 2.68. The van der Waals surface area contributed by atoms with Gasteiger partial charge in [0.05, 0.1) is 6.61 Å². The summed E-state index contributed by atoms with van der Waals surface area (Å²) >= 11 is 0. The minimum absolute atomic E-state index is 0.122. The van der Waals surface area contributed by atoms with Gasteiger partial charge in [-0.15, -0.1) is 0 Å². The van der Waals surface area contributed by atoms with E-state index in [0.29, 0.717) is 26.0 Å². The van der Waals surface area contributed by atoms with Gasteiger partial charge in [0.2, 0.25) is 0 Å². The van der Waals surface area contributed by atoms with Crippen molar-refractivity contribution in [1.82, 2.24) is 4.90 Å². The summed E-state index contributed by atoms with van der Waals surface area (Å²) in [6.07, 6.45) is 0.376. The number of carbonyl (C=O) groups is 2. The van der Waals surface area contributed by atoms with Crippen molar-refractivity contribution < 1.29 is 19.4 Å². The van der Waals surface area contributed by atoms with E-state index in [-0.39, 0.29) is 24.5 Å². The lowest BCUT2D eigenvalue weighted by molar-refractivity contribution is -0.143. The molecule has 16 heavy (non-hydrogen) atoms. The molecule has 0 radical (unpaired) electrons. The van der Waals surface area contributed by atoms with Gasteiger partial charge in [0.25, 0.3) is 0 Å². The minimum Gasteiger partial charge on any atom is -0.466 e. The Morgan fingerprint density at radius 2 is 2.25 bits per heavy atom. The maximum atomic E-state index is 11.1. The number of hydrogen-bond donors (Lipinski definition) is 2. The molecule has 6 nitrogen and oxygen atoms in total. The van der Waals surface area contributed by atoms with Crippen LogP contribution in [0.4, 0.5) is 4.79 Å². The molecule has 3 N–H and O–H groups in total. The lowest BCUT2D eigenvalue weighted by atomic mass is 10.1. The van der Waals surface area contributed by atoms with E-state index < -0.39 is 6.09 Å². The molecule has 0 bridgehead atoms. The molecule has 2 atom stereocenters. The van der Waals surface area contributed by atoms with Gasteiger partial charge in [-0.2, -0.15) is 0 Å². The molecule has 1 aliphatic heterocycles. The Morgan fingerprint density at radius 1 is 1.56 bits per heavy atom. The Balaban J connectivity index is 2.40. The Kier molecular flexibility index (Phi) is 4.54. The van der Waals surface area contributed by atoms with Gasteiger partial charge in [0, 0.05) is 25.0 Å². The molecule has 1 saturated heterocycles. The number of nitrogens with two attached hydrogens (primary N) is 1. The summed E-state index contributed by atoms with van der Waals surface area (Å²) in [5.41, 5.74) is 5.70.